The standard InChI is InChI=1S/C13H15F3N2O2/c14-8-5-9(15)12(10(11(8)16)13(17)20)18-6-1-3-7(19)4-2-6/h5-7,18-19H,1-4H2,(H2,17,20). The Morgan fingerprint density at radius 3 is 2.35 bits per heavy atom. The van der Waals surface area contributed by atoms with E-state index in [9.17, 15) is 23.1 Å². The minimum Gasteiger partial charge on any atom is -0.393 e. The fourth-order valence-electron chi connectivity index (χ4n) is 2.39. The van der Waals surface area contributed by atoms with E-state index in [0.717, 1.165) is 0 Å². The van der Waals surface area contributed by atoms with Crippen LogP contribution in [0.25, 0.3) is 0 Å². The van der Waals surface area contributed by atoms with Gasteiger partial charge in [0.2, 0.25) is 0 Å². The van der Waals surface area contributed by atoms with Crippen molar-refractivity contribution in [3.8, 4) is 0 Å². The minimum absolute atomic E-state index is 0.226. The number of nitrogens with one attached hydrogen (secondary N) is 1. The van der Waals surface area contributed by atoms with Crippen molar-refractivity contribution in [1.29, 1.82) is 0 Å². The highest BCUT2D eigenvalue weighted by molar-refractivity contribution is 5.99. The molecule has 0 spiro atoms. The molecule has 0 atom stereocenters. The number of nitrogens with two attached hydrogens (primary N) is 1. The lowest BCUT2D eigenvalue weighted by molar-refractivity contribution is 0.0995. The van der Waals surface area contributed by atoms with Crippen molar-refractivity contribution in [3.63, 3.8) is 0 Å². The molecular weight excluding hydrogens is 273 g/mol. The average molecular weight is 288 g/mol. The molecule has 110 valence electrons. The van der Waals surface area contributed by atoms with E-state index in [4.69, 9.17) is 5.73 Å². The molecule has 0 aromatic heterocycles. The van der Waals surface area contributed by atoms with Crippen molar-refractivity contribution in [1.82, 2.24) is 0 Å². The van der Waals surface area contributed by atoms with Crippen molar-refractivity contribution in [2.45, 2.75) is 37.8 Å². The molecule has 1 aromatic rings. The van der Waals surface area contributed by atoms with Crippen LogP contribution in [0.3, 0.4) is 0 Å². The van der Waals surface area contributed by atoms with Crippen LogP contribution in [0.15, 0.2) is 6.07 Å². The second-order valence-electron chi connectivity index (χ2n) is 4.92. The van der Waals surface area contributed by atoms with Crippen molar-refractivity contribution < 1.29 is 23.1 Å². The lowest BCUT2D eigenvalue weighted by Gasteiger charge is -2.27. The second kappa shape index (κ2) is 5.70. The van der Waals surface area contributed by atoms with Crippen molar-refractivity contribution in [2.75, 3.05) is 5.32 Å². The van der Waals surface area contributed by atoms with E-state index in [-0.39, 0.29) is 6.04 Å². The van der Waals surface area contributed by atoms with Gasteiger partial charge in [0.1, 0.15) is 11.4 Å². The predicted octanol–water partition coefficient (Wildman–Crippen LogP) is 1.92. The average Bonchev–Trinajstić information content (AvgIpc) is 2.38. The van der Waals surface area contributed by atoms with Crippen molar-refractivity contribution >= 4 is 11.6 Å². The Morgan fingerprint density at radius 2 is 1.80 bits per heavy atom. The van der Waals surface area contributed by atoms with E-state index in [1.54, 1.807) is 0 Å². The molecule has 1 fully saturated rings. The second-order valence-corrected chi connectivity index (χ2v) is 4.92. The number of carbonyl (C=O) groups excluding carboxylic acids is 1. The molecular formula is C13H15F3N2O2. The Bertz CT molecular complexity index is 529. The summed E-state index contributed by atoms with van der Waals surface area (Å²) in [5, 5.41) is 12.1. The number of benzene rings is 1. The highest BCUT2D eigenvalue weighted by atomic mass is 19.2. The summed E-state index contributed by atoms with van der Waals surface area (Å²) in [7, 11) is 0. The Labute approximate surface area is 113 Å². The van der Waals surface area contributed by atoms with Crippen LogP contribution in [0.4, 0.5) is 18.9 Å². The molecule has 1 aliphatic rings. The van der Waals surface area contributed by atoms with Gasteiger partial charge in [0.15, 0.2) is 11.6 Å². The number of carbonyl (C=O) groups is 1. The van der Waals surface area contributed by atoms with Gasteiger partial charge < -0.3 is 16.2 Å². The highest BCUT2D eigenvalue weighted by Gasteiger charge is 2.26. The smallest absolute Gasteiger partial charge is 0.254 e. The Hall–Kier alpha value is -1.76. The third kappa shape index (κ3) is 2.87. The number of rotatable bonds is 3. The molecule has 1 saturated carbocycles. The molecule has 1 amide bonds. The predicted molar refractivity (Wildman–Crippen MR) is 66.7 cm³/mol. The zero-order valence-electron chi connectivity index (χ0n) is 10.6. The van der Waals surface area contributed by atoms with Crippen LogP contribution in [-0.2, 0) is 0 Å². The summed E-state index contributed by atoms with van der Waals surface area (Å²) in [5.41, 5.74) is 3.76. The summed E-state index contributed by atoms with van der Waals surface area (Å²) in [6.45, 7) is 0. The van der Waals surface area contributed by atoms with Crippen molar-refractivity contribution in [2.24, 2.45) is 5.73 Å². The van der Waals surface area contributed by atoms with Crippen LogP contribution in [0.1, 0.15) is 36.0 Å². The van der Waals surface area contributed by atoms with Gasteiger partial charge in [0.25, 0.3) is 5.91 Å². The lowest BCUT2D eigenvalue weighted by Crippen LogP contribution is -2.30. The molecule has 0 heterocycles. The first-order valence-corrected chi connectivity index (χ1v) is 6.32. The number of aliphatic hydroxyl groups excluding tert-OH is 1. The number of hydrogen-bond donors (Lipinski definition) is 3. The Morgan fingerprint density at radius 1 is 1.20 bits per heavy atom. The third-order valence-electron chi connectivity index (χ3n) is 3.46. The van der Waals surface area contributed by atoms with Crippen LogP contribution < -0.4 is 11.1 Å². The molecule has 0 saturated heterocycles. The number of anilines is 1. The fraction of sp³-hybridized carbons (Fsp3) is 0.462. The summed E-state index contributed by atoms with van der Waals surface area (Å²) in [6, 6.07) is 0.151. The van der Waals surface area contributed by atoms with Gasteiger partial charge in [0.05, 0.1) is 11.8 Å². The van der Waals surface area contributed by atoms with Crippen LogP contribution >= 0.6 is 0 Å². The molecule has 1 aliphatic carbocycles. The first kappa shape index (κ1) is 14.6. The van der Waals surface area contributed by atoms with Crippen LogP contribution in [0, 0.1) is 17.5 Å². The molecule has 4 N–H and O–H groups in total. The monoisotopic (exact) mass is 288 g/mol. The zero-order valence-corrected chi connectivity index (χ0v) is 10.6. The summed E-state index contributed by atoms with van der Waals surface area (Å²) in [6.07, 6.45) is 1.72. The van der Waals surface area contributed by atoms with Gasteiger partial charge in [0, 0.05) is 12.1 Å². The first-order valence-electron chi connectivity index (χ1n) is 6.32. The van der Waals surface area contributed by atoms with Gasteiger partial charge in [-0.15, -0.1) is 0 Å². The maximum atomic E-state index is 13.8. The lowest BCUT2D eigenvalue weighted by atomic mass is 9.92. The maximum Gasteiger partial charge on any atom is 0.254 e. The number of hydrogen-bond acceptors (Lipinski definition) is 3. The van der Waals surface area contributed by atoms with Gasteiger partial charge in [-0.2, -0.15) is 0 Å². The molecule has 0 bridgehead atoms. The van der Waals surface area contributed by atoms with Gasteiger partial charge in [-0.05, 0) is 25.7 Å². The van der Waals surface area contributed by atoms with Gasteiger partial charge in [-0.25, -0.2) is 13.2 Å². The molecule has 20 heavy (non-hydrogen) atoms. The Balaban J connectivity index is 2.31. The molecule has 2 rings (SSSR count). The number of aliphatic hydroxyl groups is 1. The van der Waals surface area contributed by atoms with Crippen LogP contribution in [-0.4, -0.2) is 23.2 Å². The van der Waals surface area contributed by atoms with E-state index in [0.29, 0.717) is 31.7 Å². The quantitative estimate of drug-likeness (QED) is 0.744. The van der Waals surface area contributed by atoms with E-state index in [2.05, 4.69) is 5.32 Å². The Kier molecular flexibility index (Phi) is 4.17. The first-order chi connectivity index (χ1) is 9.40. The summed E-state index contributed by atoms with van der Waals surface area (Å²) < 4.78 is 40.5. The summed E-state index contributed by atoms with van der Waals surface area (Å²) in [5.74, 6) is -5.22. The van der Waals surface area contributed by atoms with Gasteiger partial charge >= 0.3 is 0 Å². The largest absolute Gasteiger partial charge is 0.393 e. The molecule has 7 heteroatoms. The van der Waals surface area contributed by atoms with Crippen molar-refractivity contribution in [3.05, 3.63) is 29.1 Å². The number of primary amides is 1. The number of halogens is 3. The molecule has 0 radical (unpaired) electrons. The van der Waals surface area contributed by atoms with E-state index in [1.807, 2.05) is 0 Å². The summed E-state index contributed by atoms with van der Waals surface area (Å²) in [4.78, 5) is 11.2. The SMILES string of the molecule is NC(=O)c1c(F)c(F)cc(F)c1NC1CCC(O)CC1. The van der Waals surface area contributed by atoms with E-state index < -0.39 is 40.7 Å². The molecule has 0 aliphatic heterocycles. The van der Waals surface area contributed by atoms with E-state index in [1.165, 1.54) is 0 Å². The highest BCUT2D eigenvalue weighted by Crippen LogP contribution is 2.29. The van der Waals surface area contributed by atoms with Gasteiger partial charge in [-0.1, -0.05) is 0 Å². The molecule has 0 unspecified atom stereocenters. The zero-order chi connectivity index (χ0) is 14.9. The molecule has 4 nitrogen and oxygen atoms in total. The number of amides is 1. The minimum atomic E-state index is -1.46. The van der Waals surface area contributed by atoms with E-state index >= 15 is 0 Å². The normalized spacial score (nSPS) is 22.6. The summed E-state index contributed by atoms with van der Waals surface area (Å²) >= 11 is 0. The van der Waals surface area contributed by atoms with Crippen LogP contribution in [0.2, 0.25) is 0 Å². The topological polar surface area (TPSA) is 75.4 Å². The van der Waals surface area contributed by atoms with Crippen LogP contribution in [0.5, 0.6) is 0 Å². The molecule has 1 aromatic carbocycles. The maximum absolute atomic E-state index is 13.8. The third-order valence-corrected chi connectivity index (χ3v) is 3.46. The fourth-order valence-corrected chi connectivity index (χ4v) is 2.39. The van der Waals surface area contributed by atoms with Gasteiger partial charge in [-0.3, -0.25) is 4.79 Å².